The third kappa shape index (κ3) is 6.20. The van der Waals surface area contributed by atoms with Gasteiger partial charge in [0.15, 0.2) is 5.11 Å². The lowest BCUT2D eigenvalue weighted by Crippen LogP contribution is -2.49. The van der Waals surface area contributed by atoms with Crippen molar-refractivity contribution in [2.24, 2.45) is 0 Å². The van der Waals surface area contributed by atoms with Crippen LogP contribution >= 0.6 is 23.8 Å². The van der Waals surface area contributed by atoms with Gasteiger partial charge >= 0.3 is 0 Å². The van der Waals surface area contributed by atoms with Crippen molar-refractivity contribution in [3.05, 3.63) is 58.6 Å². The zero-order valence-corrected chi connectivity index (χ0v) is 20.1. The molecule has 2 N–H and O–H groups in total. The fourth-order valence-electron chi connectivity index (χ4n) is 3.67. The highest BCUT2D eigenvalue weighted by atomic mass is 35.5. The maximum absolute atomic E-state index is 12.5. The van der Waals surface area contributed by atoms with Crippen molar-refractivity contribution in [1.82, 2.24) is 10.2 Å². The summed E-state index contributed by atoms with van der Waals surface area (Å²) in [6, 6.07) is 13.0. The molecule has 2 amide bonds. The second-order valence-corrected chi connectivity index (χ2v) is 8.58. The summed E-state index contributed by atoms with van der Waals surface area (Å²) in [6.07, 6.45) is 2.36. The number of rotatable bonds is 6. The molecule has 0 aliphatic carbocycles. The van der Waals surface area contributed by atoms with Gasteiger partial charge in [-0.25, -0.2) is 0 Å². The topological polar surface area (TPSA) is 64.7 Å². The second-order valence-electron chi connectivity index (χ2n) is 7.74. The molecule has 0 unspecified atom stereocenters. The van der Waals surface area contributed by atoms with Gasteiger partial charge in [-0.05, 0) is 61.0 Å². The number of nitrogens with one attached hydrogen (secondary N) is 2. The first-order valence-electron chi connectivity index (χ1n) is 10.9. The minimum absolute atomic E-state index is 0.204. The number of hydrogen-bond acceptors (Lipinski definition) is 4. The van der Waals surface area contributed by atoms with Crippen LogP contribution in [0.3, 0.4) is 0 Å². The Morgan fingerprint density at radius 2 is 1.72 bits per heavy atom. The Kier molecular flexibility index (Phi) is 8.47. The summed E-state index contributed by atoms with van der Waals surface area (Å²) in [7, 11) is 0. The van der Waals surface area contributed by atoms with Crippen LogP contribution in [-0.4, -0.2) is 48.0 Å². The average molecular weight is 473 g/mol. The van der Waals surface area contributed by atoms with Gasteiger partial charge in [0.1, 0.15) is 0 Å². The average Bonchev–Trinajstić information content (AvgIpc) is 2.79. The van der Waals surface area contributed by atoms with Crippen LogP contribution in [0, 0.1) is 0 Å². The van der Waals surface area contributed by atoms with Gasteiger partial charge in [0, 0.05) is 43.2 Å². The number of benzene rings is 2. The van der Waals surface area contributed by atoms with Gasteiger partial charge < -0.3 is 15.1 Å². The van der Waals surface area contributed by atoms with Gasteiger partial charge in [0.05, 0.1) is 11.4 Å². The zero-order chi connectivity index (χ0) is 23.1. The van der Waals surface area contributed by atoms with Crippen LogP contribution in [-0.2, 0) is 11.2 Å². The lowest BCUT2D eigenvalue weighted by molar-refractivity contribution is -0.131. The largest absolute Gasteiger partial charge is 0.366 e. The summed E-state index contributed by atoms with van der Waals surface area (Å²) >= 11 is 11.6. The lowest BCUT2D eigenvalue weighted by Gasteiger charge is -2.37. The van der Waals surface area contributed by atoms with Gasteiger partial charge in [0.2, 0.25) is 5.91 Å². The summed E-state index contributed by atoms with van der Waals surface area (Å²) < 4.78 is 0. The standard InChI is InChI=1S/C24H29ClN4O2S/c1-3-5-22(30)29-14-12-28(13-15-29)21-11-10-19(25)16-20(21)26-24(32)27-23(31)18-8-6-17(4-2)7-9-18/h6-11,16H,3-5,12-15H2,1-2H3,(H2,26,27,31,32). The molecule has 6 nitrogen and oxygen atoms in total. The van der Waals surface area contributed by atoms with Crippen LogP contribution < -0.4 is 15.5 Å². The predicted molar refractivity (Wildman–Crippen MR) is 135 cm³/mol. The van der Waals surface area contributed by atoms with Crippen molar-refractivity contribution in [3.8, 4) is 0 Å². The van der Waals surface area contributed by atoms with Crippen molar-refractivity contribution >= 4 is 52.1 Å². The Balaban J connectivity index is 1.65. The number of nitrogens with zero attached hydrogens (tertiary/aromatic N) is 2. The number of halogens is 1. The van der Waals surface area contributed by atoms with Crippen LogP contribution in [0.1, 0.15) is 42.6 Å². The molecule has 1 aliphatic rings. The van der Waals surface area contributed by atoms with Crippen LogP contribution in [0.25, 0.3) is 0 Å². The molecule has 1 fully saturated rings. The molecule has 8 heteroatoms. The molecule has 1 heterocycles. The Morgan fingerprint density at radius 1 is 1.03 bits per heavy atom. The molecule has 0 spiro atoms. The van der Waals surface area contributed by atoms with Gasteiger partial charge in [-0.3, -0.25) is 14.9 Å². The fourth-order valence-corrected chi connectivity index (χ4v) is 4.05. The Hall–Kier alpha value is -2.64. The Labute approximate surface area is 199 Å². The first kappa shape index (κ1) is 24.0. The fraction of sp³-hybridized carbons (Fsp3) is 0.375. The van der Waals surface area contributed by atoms with E-state index in [2.05, 4.69) is 22.5 Å². The molecule has 1 saturated heterocycles. The number of amides is 2. The first-order chi connectivity index (χ1) is 15.4. The lowest BCUT2D eigenvalue weighted by atomic mass is 10.1. The van der Waals surface area contributed by atoms with Gasteiger partial charge in [-0.2, -0.15) is 0 Å². The molecule has 0 saturated carbocycles. The number of carbonyl (C=O) groups is 2. The summed E-state index contributed by atoms with van der Waals surface area (Å²) in [6.45, 7) is 6.87. The van der Waals surface area contributed by atoms with Gasteiger partial charge in [-0.1, -0.05) is 37.6 Å². The van der Waals surface area contributed by atoms with E-state index in [0.717, 1.165) is 24.2 Å². The van der Waals surface area contributed by atoms with Crippen molar-refractivity contribution < 1.29 is 9.59 Å². The third-order valence-electron chi connectivity index (χ3n) is 5.50. The molecule has 0 atom stereocenters. The molecule has 1 aliphatic heterocycles. The molecule has 0 aromatic heterocycles. The van der Waals surface area contributed by atoms with Crippen molar-refractivity contribution in [3.63, 3.8) is 0 Å². The van der Waals surface area contributed by atoms with E-state index >= 15 is 0 Å². The summed E-state index contributed by atoms with van der Waals surface area (Å²) in [4.78, 5) is 28.8. The quantitative estimate of drug-likeness (QED) is 0.607. The van der Waals surface area contributed by atoms with E-state index in [0.29, 0.717) is 43.2 Å². The number of hydrogen-bond donors (Lipinski definition) is 2. The highest BCUT2D eigenvalue weighted by Crippen LogP contribution is 2.30. The highest BCUT2D eigenvalue weighted by Gasteiger charge is 2.22. The third-order valence-corrected chi connectivity index (χ3v) is 5.93. The zero-order valence-electron chi connectivity index (χ0n) is 18.5. The monoisotopic (exact) mass is 472 g/mol. The van der Waals surface area contributed by atoms with E-state index in [-0.39, 0.29) is 16.9 Å². The molecule has 2 aromatic rings. The SMILES string of the molecule is CCCC(=O)N1CCN(c2ccc(Cl)cc2NC(=S)NC(=O)c2ccc(CC)cc2)CC1. The minimum Gasteiger partial charge on any atom is -0.366 e. The van der Waals surface area contributed by atoms with Crippen LogP contribution in [0.5, 0.6) is 0 Å². The van der Waals surface area contributed by atoms with E-state index in [4.69, 9.17) is 23.8 Å². The molecule has 0 bridgehead atoms. The van der Waals surface area contributed by atoms with Gasteiger partial charge in [-0.15, -0.1) is 0 Å². The predicted octanol–water partition coefficient (Wildman–Crippen LogP) is 4.48. The maximum atomic E-state index is 12.5. The van der Waals surface area contributed by atoms with Crippen molar-refractivity contribution in [1.29, 1.82) is 0 Å². The molecule has 0 radical (unpaired) electrons. The molecule has 170 valence electrons. The summed E-state index contributed by atoms with van der Waals surface area (Å²) in [5, 5.41) is 6.62. The molecular weight excluding hydrogens is 444 g/mol. The van der Waals surface area contributed by atoms with Gasteiger partial charge in [0.25, 0.3) is 5.91 Å². The Morgan fingerprint density at radius 3 is 2.34 bits per heavy atom. The Bertz CT molecular complexity index is 972. The number of aryl methyl sites for hydroxylation is 1. The van der Waals surface area contributed by atoms with Crippen molar-refractivity contribution in [2.45, 2.75) is 33.1 Å². The normalized spacial score (nSPS) is 13.6. The van der Waals surface area contributed by atoms with Crippen molar-refractivity contribution in [2.75, 3.05) is 36.4 Å². The maximum Gasteiger partial charge on any atom is 0.257 e. The number of anilines is 2. The first-order valence-corrected chi connectivity index (χ1v) is 11.7. The molecule has 3 rings (SSSR count). The van der Waals surface area contributed by atoms with E-state index in [1.807, 2.05) is 36.1 Å². The smallest absolute Gasteiger partial charge is 0.257 e. The molecule has 2 aromatic carbocycles. The van der Waals surface area contributed by atoms with Crippen LogP contribution in [0.4, 0.5) is 11.4 Å². The number of carbonyl (C=O) groups excluding carboxylic acids is 2. The highest BCUT2D eigenvalue weighted by molar-refractivity contribution is 7.80. The van der Waals surface area contributed by atoms with E-state index < -0.39 is 0 Å². The second kappa shape index (κ2) is 11.3. The van der Waals surface area contributed by atoms with Crippen LogP contribution in [0.2, 0.25) is 5.02 Å². The molecular formula is C24H29ClN4O2S. The summed E-state index contributed by atoms with van der Waals surface area (Å²) in [5.41, 5.74) is 3.37. The summed E-state index contributed by atoms with van der Waals surface area (Å²) in [5.74, 6) is -0.0609. The van der Waals surface area contributed by atoms with Crippen LogP contribution in [0.15, 0.2) is 42.5 Å². The number of thiocarbonyl (C=S) groups is 1. The van der Waals surface area contributed by atoms with E-state index in [9.17, 15) is 9.59 Å². The minimum atomic E-state index is -0.267. The van der Waals surface area contributed by atoms with E-state index in [1.54, 1.807) is 18.2 Å². The number of piperazine rings is 1. The van der Waals surface area contributed by atoms with E-state index in [1.165, 1.54) is 5.56 Å². The molecule has 32 heavy (non-hydrogen) atoms.